The summed E-state index contributed by atoms with van der Waals surface area (Å²) < 4.78 is 27.2. The van der Waals surface area contributed by atoms with Crippen molar-refractivity contribution in [2.45, 2.75) is 12.5 Å². The molecule has 0 unspecified atom stereocenters. The first-order chi connectivity index (χ1) is 18.4. The van der Waals surface area contributed by atoms with E-state index in [1.54, 1.807) is 36.4 Å². The number of benzene rings is 2. The molecular weight excluding hydrogens is 492 g/mol. The molecule has 10 nitrogen and oxygen atoms in total. The number of morpholine rings is 1. The van der Waals surface area contributed by atoms with Gasteiger partial charge in [0.1, 0.15) is 11.5 Å². The second-order valence-electron chi connectivity index (χ2n) is 8.99. The number of ketones is 1. The minimum atomic E-state index is -0.861. The van der Waals surface area contributed by atoms with E-state index >= 15 is 0 Å². The normalized spacial score (nSPS) is 19.5. The van der Waals surface area contributed by atoms with Crippen LogP contribution in [0.15, 0.2) is 42.0 Å². The molecule has 0 aliphatic carbocycles. The van der Waals surface area contributed by atoms with Crippen LogP contribution in [-0.2, 0) is 14.3 Å². The summed E-state index contributed by atoms with van der Waals surface area (Å²) in [5.41, 5.74) is 0.909. The van der Waals surface area contributed by atoms with Gasteiger partial charge in [0, 0.05) is 31.7 Å². The standard InChI is InChI=1S/C28H34N2O8/c1-34-20-8-5-7-18(15-20)25(31)23-24(19-16-21(35-2)27(37-4)22(17-19)36-3)30(28(33)26(23)32)10-6-9-29-11-13-38-14-12-29/h5,7-8,15-17,24,31H,6,9-14H2,1-4H3/b25-23+/t24-/m1/s1. The second kappa shape index (κ2) is 12.2. The van der Waals surface area contributed by atoms with Gasteiger partial charge in [-0.2, -0.15) is 0 Å². The predicted octanol–water partition coefficient (Wildman–Crippen LogP) is 2.87. The van der Waals surface area contributed by atoms with Crippen molar-refractivity contribution in [3.8, 4) is 23.0 Å². The van der Waals surface area contributed by atoms with Crippen molar-refractivity contribution < 1.29 is 38.4 Å². The van der Waals surface area contributed by atoms with Crippen LogP contribution in [0.4, 0.5) is 0 Å². The van der Waals surface area contributed by atoms with Gasteiger partial charge in [-0.05, 0) is 36.2 Å². The number of Topliss-reactive ketones (excluding diaryl/α,β-unsaturated/α-hetero) is 1. The van der Waals surface area contributed by atoms with Crippen molar-refractivity contribution in [2.24, 2.45) is 0 Å². The van der Waals surface area contributed by atoms with Crippen LogP contribution in [0.5, 0.6) is 23.0 Å². The average Bonchev–Trinajstić information content (AvgIpc) is 3.21. The summed E-state index contributed by atoms with van der Waals surface area (Å²) in [5.74, 6) is -0.0551. The van der Waals surface area contributed by atoms with Gasteiger partial charge < -0.3 is 33.7 Å². The number of aliphatic hydroxyl groups is 1. The molecule has 10 heteroatoms. The molecule has 2 aromatic rings. The first kappa shape index (κ1) is 27.3. The van der Waals surface area contributed by atoms with Gasteiger partial charge in [0.05, 0.1) is 53.3 Å². The van der Waals surface area contributed by atoms with Crippen molar-refractivity contribution in [2.75, 3.05) is 67.8 Å². The van der Waals surface area contributed by atoms with Crippen LogP contribution >= 0.6 is 0 Å². The quantitative estimate of drug-likeness (QED) is 0.284. The largest absolute Gasteiger partial charge is 0.507 e. The molecule has 0 bridgehead atoms. The summed E-state index contributed by atoms with van der Waals surface area (Å²) in [6, 6.07) is 9.26. The number of hydrogen-bond donors (Lipinski definition) is 1. The molecule has 2 heterocycles. The van der Waals surface area contributed by atoms with E-state index in [1.165, 1.54) is 33.3 Å². The van der Waals surface area contributed by atoms with Gasteiger partial charge in [0.2, 0.25) is 5.75 Å². The van der Waals surface area contributed by atoms with Crippen LogP contribution in [0.2, 0.25) is 0 Å². The topological polar surface area (TPSA) is 107 Å². The van der Waals surface area contributed by atoms with Gasteiger partial charge in [-0.1, -0.05) is 12.1 Å². The Balaban J connectivity index is 1.79. The smallest absolute Gasteiger partial charge is 0.295 e. The Labute approximate surface area is 222 Å². The van der Waals surface area contributed by atoms with E-state index in [0.717, 1.165) is 19.6 Å². The number of carbonyl (C=O) groups excluding carboxylic acids is 2. The first-order valence-electron chi connectivity index (χ1n) is 12.5. The molecule has 1 atom stereocenters. The summed E-state index contributed by atoms with van der Waals surface area (Å²) >= 11 is 0. The third-order valence-corrected chi connectivity index (χ3v) is 6.86. The van der Waals surface area contributed by atoms with Gasteiger partial charge in [0.25, 0.3) is 11.7 Å². The van der Waals surface area contributed by atoms with Crippen molar-refractivity contribution in [3.63, 3.8) is 0 Å². The highest BCUT2D eigenvalue weighted by Crippen LogP contribution is 2.45. The van der Waals surface area contributed by atoms with Gasteiger partial charge in [-0.25, -0.2) is 0 Å². The molecule has 0 saturated carbocycles. The van der Waals surface area contributed by atoms with E-state index in [9.17, 15) is 14.7 Å². The fourth-order valence-electron chi connectivity index (χ4n) is 4.93. The zero-order valence-electron chi connectivity index (χ0n) is 22.2. The van der Waals surface area contributed by atoms with Crippen LogP contribution in [0, 0.1) is 0 Å². The lowest BCUT2D eigenvalue weighted by Gasteiger charge is -2.29. The van der Waals surface area contributed by atoms with Crippen LogP contribution in [0.25, 0.3) is 5.76 Å². The molecule has 2 saturated heterocycles. The van der Waals surface area contributed by atoms with E-state index < -0.39 is 17.7 Å². The molecular formula is C28H34N2O8. The first-order valence-corrected chi connectivity index (χ1v) is 12.5. The fourth-order valence-corrected chi connectivity index (χ4v) is 4.93. The van der Waals surface area contributed by atoms with Crippen molar-refractivity contribution in [1.82, 2.24) is 9.80 Å². The molecule has 2 aliphatic rings. The molecule has 4 rings (SSSR count). The number of carbonyl (C=O) groups is 2. The van der Waals surface area contributed by atoms with Gasteiger partial charge >= 0.3 is 0 Å². The molecule has 204 valence electrons. The summed E-state index contributed by atoms with van der Waals surface area (Å²) in [7, 11) is 6.01. The molecule has 0 aromatic heterocycles. The van der Waals surface area contributed by atoms with Crippen LogP contribution < -0.4 is 18.9 Å². The van der Waals surface area contributed by atoms with E-state index in [-0.39, 0.29) is 11.3 Å². The maximum absolute atomic E-state index is 13.4. The minimum absolute atomic E-state index is 0.0103. The van der Waals surface area contributed by atoms with E-state index in [1.807, 2.05) is 0 Å². The summed E-state index contributed by atoms with van der Waals surface area (Å²) in [4.78, 5) is 30.5. The minimum Gasteiger partial charge on any atom is -0.507 e. The fraction of sp³-hybridized carbons (Fsp3) is 0.429. The highest BCUT2D eigenvalue weighted by Gasteiger charge is 2.46. The maximum Gasteiger partial charge on any atom is 0.295 e. The molecule has 2 aromatic carbocycles. The third-order valence-electron chi connectivity index (χ3n) is 6.86. The molecule has 0 radical (unpaired) electrons. The predicted molar refractivity (Wildman–Crippen MR) is 140 cm³/mol. The number of amides is 1. The highest BCUT2D eigenvalue weighted by molar-refractivity contribution is 6.46. The van der Waals surface area contributed by atoms with Crippen molar-refractivity contribution >= 4 is 17.4 Å². The number of likely N-dealkylation sites (tertiary alicyclic amines) is 1. The maximum atomic E-state index is 13.4. The summed E-state index contributed by atoms with van der Waals surface area (Å²) in [6.45, 7) is 4.07. The zero-order valence-corrected chi connectivity index (χ0v) is 22.2. The average molecular weight is 527 g/mol. The molecule has 2 aliphatic heterocycles. The lowest BCUT2D eigenvalue weighted by Crippen LogP contribution is -2.39. The second-order valence-corrected chi connectivity index (χ2v) is 8.99. The molecule has 1 N–H and O–H groups in total. The Kier molecular flexibility index (Phi) is 8.75. The number of rotatable bonds is 10. The van der Waals surface area contributed by atoms with Crippen LogP contribution in [0.3, 0.4) is 0 Å². The number of ether oxygens (including phenoxy) is 5. The van der Waals surface area contributed by atoms with Crippen LogP contribution in [0.1, 0.15) is 23.6 Å². The zero-order chi connectivity index (χ0) is 27.2. The number of methoxy groups -OCH3 is 4. The lowest BCUT2D eigenvalue weighted by molar-refractivity contribution is -0.140. The Morgan fingerprint density at radius 3 is 2.24 bits per heavy atom. The SMILES string of the molecule is COc1cccc(/C(O)=C2\C(=O)C(=O)N(CCCN3CCOCC3)[C@@H]2c2cc(OC)c(OC)c(OC)c2)c1. The summed E-state index contributed by atoms with van der Waals surface area (Å²) in [6.07, 6.45) is 0.646. The monoisotopic (exact) mass is 526 g/mol. The van der Waals surface area contributed by atoms with Crippen molar-refractivity contribution in [1.29, 1.82) is 0 Å². The Morgan fingerprint density at radius 1 is 0.947 bits per heavy atom. The van der Waals surface area contributed by atoms with Gasteiger partial charge in [0.15, 0.2) is 11.5 Å². The van der Waals surface area contributed by atoms with Gasteiger partial charge in [-0.15, -0.1) is 0 Å². The Morgan fingerprint density at radius 2 is 1.63 bits per heavy atom. The molecule has 2 fully saturated rings. The highest BCUT2D eigenvalue weighted by atomic mass is 16.5. The number of hydrogen-bond acceptors (Lipinski definition) is 9. The molecule has 0 spiro atoms. The third kappa shape index (κ3) is 5.41. The van der Waals surface area contributed by atoms with Crippen LogP contribution in [-0.4, -0.2) is 94.4 Å². The van der Waals surface area contributed by atoms with E-state index in [2.05, 4.69) is 4.90 Å². The Bertz CT molecular complexity index is 1180. The van der Waals surface area contributed by atoms with Crippen molar-refractivity contribution in [3.05, 3.63) is 53.1 Å². The number of aliphatic hydroxyl groups excluding tert-OH is 1. The Hall–Kier alpha value is -3.76. The molecule has 1 amide bonds. The lowest BCUT2D eigenvalue weighted by atomic mass is 9.94. The molecule has 38 heavy (non-hydrogen) atoms. The van der Waals surface area contributed by atoms with E-state index in [4.69, 9.17) is 23.7 Å². The van der Waals surface area contributed by atoms with Gasteiger partial charge in [-0.3, -0.25) is 14.5 Å². The summed E-state index contributed by atoms with van der Waals surface area (Å²) in [5, 5.41) is 11.4. The number of nitrogens with zero attached hydrogens (tertiary/aromatic N) is 2. The van der Waals surface area contributed by atoms with E-state index in [0.29, 0.717) is 60.3 Å².